The standard InChI is InChI=1S/C17H14ClN3O2/c1-2-21-14-10-6-5-9-13(14)19-15(17(21)23)16(22)20-12-8-4-3-7-11(12)18/h3-10H,2H2,1H3,(H,20,22). The molecular formula is C17H14ClN3O2. The van der Waals surface area contributed by atoms with E-state index in [1.54, 1.807) is 30.3 Å². The van der Waals surface area contributed by atoms with Crippen molar-refractivity contribution in [2.75, 3.05) is 5.32 Å². The summed E-state index contributed by atoms with van der Waals surface area (Å²) in [5.74, 6) is -0.573. The molecule has 1 heterocycles. The minimum absolute atomic E-state index is 0.148. The molecule has 116 valence electrons. The Labute approximate surface area is 137 Å². The van der Waals surface area contributed by atoms with E-state index in [4.69, 9.17) is 11.6 Å². The summed E-state index contributed by atoms with van der Waals surface area (Å²) in [6.07, 6.45) is 0. The highest BCUT2D eigenvalue weighted by Crippen LogP contribution is 2.21. The van der Waals surface area contributed by atoms with Gasteiger partial charge in [-0.25, -0.2) is 4.98 Å². The minimum atomic E-state index is -0.573. The SMILES string of the molecule is CCn1c(=O)c(C(=O)Nc2ccccc2Cl)nc2ccccc21. The van der Waals surface area contributed by atoms with Crippen LogP contribution in [-0.4, -0.2) is 15.5 Å². The normalized spacial score (nSPS) is 10.7. The molecular weight excluding hydrogens is 314 g/mol. The van der Waals surface area contributed by atoms with Gasteiger partial charge in [0.25, 0.3) is 11.5 Å². The number of aryl methyl sites for hydroxylation is 1. The number of hydrogen-bond acceptors (Lipinski definition) is 3. The molecule has 1 N–H and O–H groups in total. The number of carbonyl (C=O) groups is 1. The van der Waals surface area contributed by atoms with E-state index in [1.165, 1.54) is 4.57 Å². The number of fused-ring (bicyclic) bond motifs is 1. The van der Waals surface area contributed by atoms with E-state index < -0.39 is 11.5 Å². The number of amides is 1. The van der Waals surface area contributed by atoms with Gasteiger partial charge in [0.05, 0.1) is 21.7 Å². The zero-order valence-electron chi connectivity index (χ0n) is 12.4. The maximum absolute atomic E-state index is 12.5. The van der Waals surface area contributed by atoms with Gasteiger partial charge in [-0.1, -0.05) is 35.9 Å². The number of halogens is 1. The van der Waals surface area contributed by atoms with Crippen molar-refractivity contribution in [2.45, 2.75) is 13.5 Å². The molecule has 6 heteroatoms. The summed E-state index contributed by atoms with van der Waals surface area (Å²) < 4.78 is 1.53. The average Bonchev–Trinajstić information content (AvgIpc) is 2.56. The molecule has 0 aliphatic heterocycles. The molecule has 0 atom stereocenters. The molecule has 0 spiro atoms. The van der Waals surface area contributed by atoms with E-state index in [9.17, 15) is 9.59 Å². The van der Waals surface area contributed by atoms with E-state index in [0.29, 0.717) is 28.3 Å². The fourth-order valence-electron chi connectivity index (χ4n) is 2.40. The number of nitrogens with one attached hydrogen (secondary N) is 1. The van der Waals surface area contributed by atoms with Crippen LogP contribution in [-0.2, 0) is 6.54 Å². The Balaban J connectivity index is 2.09. The van der Waals surface area contributed by atoms with Crippen LogP contribution in [0.3, 0.4) is 0 Å². The summed E-state index contributed by atoms with van der Waals surface area (Å²) in [7, 11) is 0. The highest BCUT2D eigenvalue weighted by Gasteiger charge is 2.17. The number of benzene rings is 2. The van der Waals surface area contributed by atoms with Gasteiger partial charge in [-0.2, -0.15) is 0 Å². The van der Waals surface area contributed by atoms with Crippen LogP contribution in [0, 0.1) is 0 Å². The van der Waals surface area contributed by atoms with Gasteiger partial charge in [0, 0.05) is 6.54 Å². The van der Waals surface area contributed by atoms with Crippen LogP contribution in [0.5, 0.6) is 0 Å². The second kappa shape index (κ2) is 6.22. The fraction of sp³-hybridized carbons (Fsp3) is 0.118. The first-order valence-electron chi connectivity index (χ1n) is 7.17. The molecule has 0 saturated carbocycles. The molecule has 3 aromatic rings. The molecule has 0 saturated heterocycles. The number of para-hydroxylation sites is 3. The van der Waals surface area contributed by atoms with Crippen LogP contribution in [0.25, 0.3) is 11.0 Å². The number of carbonyl (C=O) groups excluding carboxylic acids is 1. The molecule has 1 aromatic heterocycles. The third-order valence-corrected chi connectivity index (χ3v) is 3.84. The highest BCUT2D eigenvalue weighted by atomic mass is 35.5. The lowest BCUT2D eigenvalue weighted by molar-refractivity contribution is 0.102. The average molecular weight is 328 g/mol. The van der Waals surface area contributed by atoms with Crippen molar-refractivity contribution in [1.29, 1.82) is 0 Å². The van der Waals surface area contributed by atoms with E-state index in [2.05, 4.69) is 10.3 Å². The summed E-state index contributed by atoms with van der Waals surface area (Å²) in [4.78, 5) is 29.2. The Hall–Kier alpha value is -2.66. The van der Waals surface area contributed by atoms with Gasteiger partial charge in [0.2, 0.25) is 0 Å². The van der Waals surface area contributed by atoms with Crippen LogP contribution < -0.4 is 10.9 Å². The van der Waals surface area contributed by atoms with Gasteiger partial charge in [0.15, 0.2) is 5.69 Å². The quantitative estimate of drug-likeness (QED) is 0.802. The molecule has 1 amide bonds. The molecule has 0 aliphatic rings. The summed E-state index contributed by atoms with van der Waals surface area (Å²) in [5.41, 5.74) is 1.17. The summed E-state index contributed by atoms with van der Waals surface area (Å²) in [6, 6.07) is 14.1. The second-order valence-corrected chi connectivity index (χ2v) is 5.34. The largest absolute Gasteiger partial charge is 0.319 e. The van der Waals surface area contributed by atoms with Crippen LogP contribution in [0.15, 0.2) is 53.3 Å². The molecule has 2 aromatic carbocycles. The predicted molar refractivity (Wildman–Crippen MR) is 91.1 cm³/mol. The predicted octanol–water partition coefficient (Wildman–Crippen LogP) is 3.32. The first kappa shape index (κ1) is 15.2. The van der Waals surface area contributed by atoms with Crippen molar-refractivity contribution in [2.24, 2.45) is 0 Å². The van der Waals surface area contributed by atoms with Crippen LogP contribution >= 0.6 is 11.6 Å². The number of hydrogen-bond donors (Lipinski definition) is 1. The lowest BCUT2D eigenvalue weighted by atomic mass is 10.2. The number of nitrogens with zero attached hydrogens (tertiary/aromatic N) is 2. The van der Waals surface area contributed by atoms with Gasteiger partial charge < -0.3 is 9.88 Å². The van der Waals surface area contributed by atoms with Gasteiger partial charge in [-0.3, -0.25) is 9.59 Å². The van der Waals surface area contributed by atoms with Crippen LogP contribution in [0.4, 0.5) is 5.69 Å². The summed E-state index contributed by atoms with van der Waals surface area (Å²) >= 11 is 6.03. The minimum Gasteiger partial charge on any atom is -0.319 e. The first-order chi connectivity index (χ1) is 11.1. The topological polar surface area (TPSA) is 64.0 Å². The van der Waals surface area contributed by atoms with Crippen molar-refractivity contribution in [3.63, 3.8) is 0 Å². The summed E-state index contributed by atoms with van der Waals surface area (Å²) in [6.45, 7) is 2.30. The Morgan fingerprint density at radius 3 is 2.61 bits per heavy atom. The van der Waals surface area contributed by atoms with Gasteiger partial charge in [-0.05, 0) is 31.2 Å². The van der Waals surface area contributed by atoms with Crippen molar-refractivity contribution in [1.82, 2.24) is 9.55 Å². The lowest BCUT2D eigenvalue weighted by Gasteiger charge is -2.11. The molecule has 0 radical (unpaired) electrons. The molecule has 23 heavy (non-hydrogen) atoms. The van der Waals surface area contributed by atoms with Gasteiger partial charge in [0.1, 0.15) is 0 Å². The third-order valence-electron chi connectivity index (χ3n) is 3.51. The molecule has 0 fully saturated rings. The lowest BCUT2D eigenvalue weighted by Crippen LogP contribution is -2.31. The Bertz CT molecular complexity index is 950. The number of anilines is 1. The Morgan fingerprint density at radius 1 is 1.17 bits per heavy atom. The molecule has 3 rings (SSSR count). The van der Waals surface area contributed by atoms with Crippen molar-refractivity contribution in [3.8, 4) is 0 Å². The monoisotopic (exact) mass is 327 g/mol. The van der Waals surface area contributed by atoms with E-state index in [-0.39, 0.29) is 5.69 Å². The van der Waals surface area contributed by atoms with E-state index in [1.807, 2.05) is 25.1 Å². The zero-order chi connectivity index (χ0) is 16.4. The van der Waals surface area contributed by atoms with Crippen molar-refractivity contribution in [3.05, 3.63) is 69.6 Å². The maximum atomic E-state index is 12.5. The smallest absolute Gasteiger partial charge is 0.282 e. The molecule has 5 nitrogen and oxygen atoms in total. The van der Waals surface area contributed by atoms with Gasteiger partial charge in [-0.15, -0.1) is 0 Å². The van der Waals surface area contributed by atoms with Crippen molar-refractivity contribution < 1.29 is 4.79 Å². The second-order valence-electron chi connectivity index (χ2n) is 4.93. The number of aromatic nitrogens is 2. The van der Waals surface area contributed by atoms with E-state index >= 15 is 0 Å². The number of rotatable bonds is 3. The van der Waals surface area contributed by atoms with Crippen molar-refractivity contribution >= 4 is 34.2 Å². The fourth-order valence-corrected chi connectivity index (χ4v) is 2.58. The Morgan fingerprint density at radius 2 is 1.87 bits per heavy atom. The van der Waals surface area contributed by atoms with E-state index in [0.717, 1.165) is 0 Å². The molecule has 0 aliphatic carbocycles. The summed E-state index contributed by atoms with van der Waals surface area (Å²) in [5, 5.41) is 3.04. The highest BCUT2D eigenvalue weighted by molar-refractivity contribution is 6.33. The molecule has 0 bridgehead atoms. The zero-order valence-corrected chi connectivity index (χ0v) is 13.2. The molecule has 0 unspecified atom stereocenters. The van der Waals surface area contributed by atoms with Crippen LogP contribution in [0.2, 0.25) is 5.02 Å². The van der Waals surface area contributed by atoms with Gasteiger partial charge >= 0.3 is 0 Å². The van der Waals surface area contributed by atoms with Crippen LogP contribution in [0.1, 0.15) is 17.4 Å². The third kappa shape index (κ3) is 2.83. The first-order valence-corrected chi connectivity index (χ1v) is 7.55. The Kier molecular flexibility index (Phi) is 4.12. The maximum Gasteiger partial charge on any atom is 0.282 e.